The minimum absolute atomic E-state index is 0.620. The lowest BCUT2D eigenvalue weighted by molar-refractivity contribution is 0.339. The molecule has 1 fully saturated rings. The normalized spacial score (nSPS) is 24.1. The molecule has 100 valence electrons. The molecule has 2 unspecified atom stereocenters. The molecule has 2 rings (SSSR count). The van der Waals surface area contributed by atoms with Crippen LogP contribution in [-0.2, 0) is 0 Å². The molecule has 0 bridgehead atoms. The maximum absolute atomic E-state index is 6.18. The van der Waals surface area contributed by atoms with Crippen molar-refractivity contribution in [1.82, 2.24) is 5.32 Å². The number of hydrogen-bond donors (Lipinski definition) is 1. The summed E-state index contributed by atoms with van der Waals surface area (Å²) in [6.45, 7) is 4.42. The van der Waals surface area contributed by atoms with Crippen LogP contribution in [0.2, 0.25) is 5.02 Å². The molecule has 1 N–H and O–H groups in total. The van der Waals surface area contributed by atoms with Crippen LogP contribution >= 0.6 is 11.6 Å². The van der Waals surface area contributed by atoms with Crippen LogP contribution in [0.3, 0.4) is 0 Å². The highest BCUT2D eigenvalue weighted by Gasteiger charge is 2.25. The van der Waals surface area contributed by atoms with Crippen molar-refractivity contribution < 1.29 is 4.74 Å². The van der Waals surface area contributed by atoms with Crippen molar-refractivity contribution in [2.45, 2.75) is 19.4 Å². The Morgan fingerprint density at radius 2 is 2.22 bits per heavy atom. The number of rotatable bonds is 3. The van der Waals surface area contributed by atoms with Crippen molar-refractivity contribution in [3.63, 3.8) is 0 Å². The van der Waals surface area contributed by atoms with Gasteiger partial charge in [0.25, 0.3) is 0 Å². The third-order valence-electron chi connectivity index (χ3n) is 3.78. The Kier molecular flexibility index (Phi) is 4.36. The van der Waals surface area contributed by atoms with Crippen LogP contribution in [-0.4, -0.2) is 33.3 Å². The molecule has 0 aromatic heterocycles. The molecule has 1 aromatic rings. The molecule has 0 aliphatic carbocycles. The van der Waals surface area contributed by atoms with E-state index < -0.39 is 0 Å². The van der Waals surface area contributed by atoms with Gasteiger partial charge in [0.05, 0.1) is 12.1 Å². The molecule has 0 saturated carbocycles. The Bertz CT molecular complexity index is 411. The van der Waals surface area contributed by atoms with E-state index in [-0.39, 0.29) is 0 Å². The summed E-state index contributed by atoms with van der Waals surface area (Å²) in [6.07, 6.45) is 1.17. The topological polar surface area (TPSA) is 24.5 Å². The number of hydrogen-bond acceptors (Lipinski definition) is 3. The zero-order chi connectivity index (χ0) is 13.1. The molecule has 1 aliphatic heterocycles. The summed E-state index contributed by atoms with van der Waals surface area (Å²) < 4.78 is 5.18. The van der Waals surface area contributed by atoms with Crippen molar-refractivity contribution in [3.05, 3.63) is 23.2 Å². The monoisotopic (exact) mass is 268 g/mol. The van der Waals surface area contributed by atoms with Gasteiger partial charge in [0.15, 0.2) is 0 Å². The third kappa shape index (κ3) is 2.73. The highest BCUT2D eigenvalue weighted by atomic mass is 35.5. The molecule has 0 radical (unpaired) electrons. The summed E-state index contributed by atoms with van der Waals surface area (Å²) in [7, 11) is 3.68. The molecule has 1 saturated heterocycles. The maximum Gasteiger partial charge on any atom is 0.137 e. The zero-order valence-electron chi connectivity index (χ0n) is 11.2. The second kappa shape index (κ2) is 5.81. The Morgan fingerprint density at radius 3 is 2.78 bits per heavy atom. The molecule has 2 atom stereocenters. The van der Waals surface area contributed by atoms with Crippen LogP contribution in [0.25, 0.3) is 0 Å². The molecule has 3 nitrogen and oxygen atoms in total. The molecule has 1 aliphatic rings. The van der Waals surface area contributed by atoms with Gasteiger partial charge >= 0.3 is 0 Å². The van der Waals surface area contributed by atoms with Gasteiger partial charge in [0.2, 0.25) is 0 Å². The van der Waals surface area contributed by atoms with Crippen molar-refractivity contribution in [3.8, 4) is 5.75 Å². The Hall–Kier alpha value is -0.930. The van der Waals surface area contributed by atoms with Gasteiger partial charge in [-0.05, 0) is 37.6 Å². The number of halogens is 1. The lowest BCUT2D eigenvalue weighted by Crippen LogP contribution is -2.47. The Labute approximate surface area is 114 Å². The zero-order valence-corrected chi connectivity index (χ0v) is 12.0. The van der Waals surface area contributed by atoms with Crippen molar-refractivity contribution in [1.29, 1.82) is 0 Å². The lowest BCUT2D eigenvalue weighted by atomic mass is 9.93. The molecular formula is C14H21ClN2O. The number of benzene rings is 1. The highest BCUT2D eigenvalue weighted by Crippen LogP contribution is 2.31. The van der Waals surface area contributed by atoms with E-state index in [1.54, 1.807) is 7.11 Å². The number of anilines is 1. The van der Waals surface area contributed by atoms with Crippen LogP contribution < -0.4 is 15.0 Å². The first-order valence-corrected chi connectivity index (χ1v) is 6.79. The van der Waals surface area contributed by atoms with Crippen molar-refractivity contribution in [2.24, 2.45) is 5.92 Å². The fraction of sp³-hybridized carbons (Fsp3) is 0.571. The van der Waals surface area contributed by atoms with E-state index in [2.05, 4.69) is 23.2 Å². The molecule has 4 heteroatoms. The van der Waals surface area contributed by atoms with Crippen LogP contribution in [0, 0.1) is 5.92 Å². The maximum atomic E-state index is 6.18. The van der Waals surface area contributed by atoms with Crippen LogP contribution in [0.5, 0.6) is 5.75 Å². The molecular weight excluding hydrogens is 248 g/mol. The van der Waals surface area contributed by atoms with E-state index in [0.717, 1.165) is 18.8 Å². The lowest BCUT2D eigenvalue weighted by Gasteiger charge is -2.38. The Morgan fingerprint density at radius 1 is 1.44 bits per heavy atom. The highest BCUT2D eigenvalue weighted by molar-refractivity contribution is 6.32. The minimum Gasteiger partial charge on any atom is -0.495 e. The molecule has 0 amide bonds. The van der Waals surface area contributed by atoms with Gasteiger partial charge in [-0.3, -0.25) is 0 Å². The fourth-order valence-electron chi connectivity index (χ4n) is 2.66. The standard InChI is InChI=1S/C14H21ClN2O/c1-10-9-17(7-6-13(10)16-2)11-4-5-14(18-3)12(15)8-11/h4-5,8,10,13,16H,6-7,9H2,1-3H3. The first-order chi connectivity index (χ1) is 8.65. The Balaban J connectivity index is 2.11. The van der Waals surface area contributed by atoms with Crippen LogP contribution in [0.4, 0.5) is 5.69 Å². The summed E-state index contributed by atoms with van der Waals surface area (Å²) in [5, 5.41) is 4.06. The van der Waals surface area contributed by atoms with E-state index in [4.69, 9.17) is 16.3 Å². The summed E-state index contributed by atoms with van der Waals surface area (Å²) in [4.78, 5) is 2.39. The van der Waals surface area contributed by atoms with Gasteiger partial charge in [-0.2, -0.15) is 0 Å². The third-order valence-corrected chi connectivity index (χ3v) is 4.07. The van der Waals surface area contributed by atoms with E-state index >= 15 is 0 Å². The minimum atomic E-state index is 0.620. The smallest absolute Gasteiger partial charge is 0.137 e. The predicted octanol–water partition coefficient (Wildman–Crippen LogP) is 2.78. The summed E-state index contributed by atoms with van der Waals surface area (Å²) in [5.74, 6) is 1.38. The first-order valence-electron chi connectivity index (χ1n) is 6.41. The van der Waals surface area contributed by atoms with E-state index in [0.29, 0.717) is 17.0 Å². The summed E-state index contributed by atoms with van der Waals surface area (Å²) in [5.41, 5.74) is 1.18. The number of piperidine rings is 1. The van der Waals surface area contributed by atoms with E-state index in [1.807, 2.05) is 19.2 Å². The molecule has 0 spiro atoms. The van der Waals surface area contributed by atoms with Gasteiger partial charge in [0, 0.05) is 24.8 Å². The van der Waals surface area contributed by atoms with Crippen molar-refractivity contribution in [2.75, 3.05) is 32.1 Å². The van der Waals surface area contributed by atoms with E-state index in [1.165, 1.54) is 12.1 Å². The molecule has 1 aromatic carbocycles. The van der Waals surface area contributed by atoms with Gasteiger partial charge < -0.3 is 15.0 Å². The summed E-state index contributed by atoms with van der Waals surface area (Å²) >= 11 is 6.18. The predicted molar refractivity (Wildman–Crippen MR) is 76.8 cm³/mol. The van der Waals surface area contributed by atoms with Crippen molar-refractivity contribution >= 4 is 17.3 Å². The number of nitrogens with zero attached hydrogens (tertiary/aromatic N) is 1. The van der Waals surface area contributed by atoms with Gasteiger partial charge in [-0.15, -0.1) is 0 Å². The van der Waals surface area contributed by atoms with Gasteiger partial charge in [-0.1, -0.05) is 18.5 Å². The first kappa shape index (κ1) is 13.5. The quantitative estimate of drug-likeness (QED) is 0.912. The summed E-state index contributed by atoms with van der Waals surface area (Å²) in [6, 6.07) is 6.63. The number of methoxy groups -OCH3 is 1. The molecule has 18 heavy (non-hydrogen) atoms. The van der Waals surface area contributed by atoms with Crippen LogP contribution in [0.15, 0.2) is 18.2 Å². The molecule has 1 heterocycles. The number of ether oxygens (including phenoxy) is 1. The second-order valence-corrected chi connectivity index (χ2v) is 5.33. The largest absolute Gasteiger partial charge is 0.495 e. The van der Waals surface area contributed by atoms with Crippen LogP contribution in [0.1, 0.15) is 13.3 Å². The van der Waals surface area contributed by atoms with E-state index in [9.17, 15) is 0 Å². The SMILES string of the molecule is CNC1CCN(c2ccc(OC)c(Cl)c2)CC1C. The second-order valence-electron chi connectivity index (χ2n) is 4.93. The van der Waals surface area contributed by atoms with Gasteiger partial charge in [0.1, 0.15) is 5.75 Å². The fourth-order valence-corrected chi connectivity index (χ4v) is 2.91. The average molecular weight is 269 g/mol. The average Bonchev–Trinajstić information content (AvgIpc) is 2.38. The van der Waals surface area contributed by atoms with Gasteiger partial charge in [-0.25, -0.2) is 0 Å². The number of nitrogens with one attached hydrogen (secondary N) is 1.